The van der Waals surface area contributed by atoms with Gasteiger partial charge in [-0.2, -0.15) is 0 Å². The predicted octanol–water partition coefficient (Wildman–Crippen LogP) is 4.88. The Hall–Kier alpha value is -0.750. The molecule has 0 aliphatic heterocycles. The van der Waals surface area contributed by atoms with E-state index in [-0.39, 0.29) is 11.2 Å². The molecule has 1 N–H and O–H groups in total. The zero-order chi connectivity index (χ0) is 14.7. The van der Waals surface area contributed by atoms with E-state index in [1.807, 2.05) is 19.2 Å². The Labute approximate surface area is 135 Å². The standard InChI is InChI=1S/C13H12Cl2N2OS2/c1-7-6-19-13(16-7)20-8(2)12(18)17-11-9(14)4-3-5-10(11)15/h3-6,8H,1-2H3,(H,17,18)/t8-/m1/s1. The second-order valence-corrected chi connectivity index (χ2v) is 7.36. The number of carbonyl (C=O) groups excluding carboxylic acids is 1. The summed E-state index contributed by atoms with van der Waals surface area (Å²) in [6.07, 6.45) is 0. The van der Waals surface area contributed by atoms with Gasteiger partial charge in [-0.15, -0.1) is 11.3 Å². The average molecular weight is 347 g/mol. The summed E-state index contributed by atoms with van der Waals surface area (Å²) >= 11 is 15.0. The molecule has 0 aliphatic rings. The lowest BCUT2D eigenvalue weighted by Crippen LogP contribution is -2.22. The lowest BCUT2D eigenvalue weighted by Gasteiger charge is -2.12. The average Bonchev–Trinajstić information content (AvgIpc) is 2.79. The number of benzene rings is 1. The molecule has 0 unspecified atom stereocenters. The van der Waals surface area contributed by atoms with Crippen LogP contribution in [0.2, 0.25) is 10.0 Å². The highest BCUT2D eigenvalue weighted by molar-refractivity contribution is 8.02. The van der Waals surface area contributed by atoms with Crippen molar-refractivity contribution in [2.75, 3.05) is 5.32 Å². The van der Waals surface area contributed by atoms with E-state index in [1.54, 1.807) is 18.2 Å². The molecular formula is C13H12Cl2N2OS2. The number of hydrogen-bond donors (Lipinski definition) is 1. The van der Waals surface area contributed by atoms with Crippen molar-refractivity contribution in [2.45, 2.75) is 23.4 Å². The van der Waals surface area contributed by atoms with E-state index in [1.165, 1.54) is 23.1 Å². The number of rotatable bonds is 4. The normalized spacial score (nSPS) is 12.2. The van der Waals surface area contributed by atoms with Gasteiger partial charge < -0.3 is 5.32 Å². The van der Waals surface area contributed by atoms with Crippen LogP contribution in [0.25, 0.3) is 0 Å². The molecule has 1 amide bonds. The summed E-state index contributed by atoms with van der Waals surface area (Å²) in [6.45, 7) is 3.75. The lowest BCUT2D eigenvalue weighted by molar-refractivity contribution is -0.115. The van der Waals surface area contributed by atoms with Gasteiger partial charge in [0.2, 0.25) is 5.91 Å². The molecule has 0 bridgehead atoms. The maximum absolute atomic E-state index is 12.2. The summed E-state index contributed by atoms with van der Waals surface area (Å²) < 4.78 is 0.871. The van der Waals surface area contributed by atoms with Crippen LogP contribution >= 0.6 is 46.3 Å². The molecule has 7 heteroatoms. The van der Waals surface area contributed by atoms with Crippen LogP contribution in [0.5, 0.6) is 0 Å². The van der Waals surface area contributed by atoms with Gasteiger partial charge in [-0.25, -0.2) is 4.98 Å². The number of para-hydroxylation sites is 1. The molecule has 20 heavy (non-hydrogen) atoms. The van der Waals surface area contributed by atoms with Gasteiger partial charge in [0.05, 0.1) is 21.0 Å². The molecule has 2 aromatic rings. The Bertz CT molecular complexity index is 610. The van der Waals surface area contributed by atoms with Gasteiger partial charge in [0.25, 0.3) is 0 Å². The van der Waals surface area contributed by atoms with Crippen molar-refractivity contribution in [3.05, 3.63) is 39.3 Å². The first kappa shape index (κ1) is 15.6. The van der Waals surface area contributed by atoms with E-state index >= 15 is 0 Å². The molecule has 106 valence electrons. The molecule has 2 rings (SSSR count). The van der Waals surface area contributed by atoms with Crippen molar-refractivity contribution in [3.8, 4) is 0 Å². The second-order valence-electron chi connectivity index (χ2n) is 4.10. The number of amides is 1. The summed E-state index contributed by atoms with van der Waals surface area (Å²) in [6, 6.07) is 5.10. The van der Waals surface area contributed by atoms with Gasteiger partial charge in [-0.1, -0.05) is 41.0 Å². The van der Waals surface area contributed by atoms with E-state index in [0.717, 1.165) is 10.0 Å². The highest BCUT2D eigenvalue weighted by Crippen LogP contribution is 2.32. The summed E-state index contributed by atoms with van der Waals surface area (Å²) in [5.41, 5.74) is 1.41. The topological polar surface area (TPSA) is 42.0 Å². The van der Waals surface area contributed by atoms with Gasteiger partial charge in [0.15, 0.2) is 4.34 Å². The molecular weight excluding hydrogens is 335 g/mol. The summed E-state index contributed by atoms with van der Waals surface area (Å²) in [5.74, 6) is -0.155. The van der Waals surface area contributed by atoms with Crippen molar-refractivity contribution in [1.29, 1.82) is 0 Å². The van der Waals surface area contributed by atoms with E-state index in [2.05, 4.69) is 10.3 Å². The minimum absolute atomic E-state index is 0.155. The van der Waals surface area contributed by atoms with E-state index in [9.17, 15) is 4.79 Å². The summed E-state index contributed by atoms with van der Waals surface area (Å²) in [7, 11) is 0. The Morgan fingerprint density at radius 2 is 2.05 bits per heavy atom. The molecule has 1 atom stereocenters. The fraction of sp³-hybridized carbons (Fsp3) is 0.231. The number of carbonyl (C=O) groups is 1. The quantitative estimate of drug-likeness (QED) is 0.802. The van der Waals surface area contributed by atoms with Crippen LogP contribution in [0.1, 0.15) is 12.6 Å². The number of thiazole rings is 1. The van der Waals surface area contributed by atoms with E-state index < -0.39 is 0 Å². The number of hydrogen-bond acceptors (Lipinski definition) is 4. The van der Waals surface area contributed by atoms with Crippen LogP contribution in [0.4, 0.5) is 5.69 Å². The number of anilines is 1. The first-order valence-electron chi connectivity index (χ1n) is 5.81. The van der Waals surface area contributed by atoms with Crippen LogP contribution in [-0.2, 0) is 4.79 Å². The Morgan fingerprint density at radius 3 is 2.60 bits per heavy atom. The number of nitrogens with one attached hydrogen (secondary N) is 1. The summed E-state index contributed by atoms with van der Waals surface area (Å²) in [5, 5.41) is 5.28. The second kappa shape index (κ2) is 6.80. The van der Waals surface area contributed by atoms with Gasteiger partial charge in [-0.05, 0) is 26.0 Å². The van der Waals surface area contributed by atoms with Crippen molar-refractivity contribution in [1.82, 2.24) is 4.98 Å². The van der Waals surface area contributed by atoms with Gasteiger partial charge in [0.1, 0.15) is 0 Å². The minimum atomic E-state index is -0.284. The molecule has 3 nitrogen and oxygen atoms in total. The van der Waals surface area contributed by atoms with Crippen LogP contribution < -0.4 is 5.32 Å². The molecule has 0 aliphatic carbocycles. The van der Waals surface area contributed by atoms with Crippen LogP contribution in [0.3, 0.4) is 0 Å². The monoisotopic (exact) mass is 346 g/mol. The van der Waals surface area contributed by atoms with E-state index in [4.69, 9.17) is 23.2 Å². The fourth-order valence-corrected chi connectivity index (χ4v) is 3.91. The highest BCUT2D eigenvalue weighted by Gasteiger charge is 2.18. The smallest absolute Gasteiger partial charge is 0.237 e. The molecule has 1 aromatic heterocycles. The molecule has 1 heterocycles. The minimum Gasteiger partial charge on any atom is -0.323 e. The molecule has 0 saturated carbocycles. The maximum Gasteiger partial charge on any atom is 0.237 e. The molecule has 1 aromatic carbocycles. The molecule has 0 spiro atoms. The summed E-state index contributed by atoms with van der Waals surface area (Å²) in [4.78, 5) is 16.5. The Kier molecular flexibility index (Phi) is 5.32. The Morgan fingerprint density at radius 1 is 1.40 bits per heavy atom. The van der Waals surface area contributed by atoms with Crippen LogP contribution in [0, 0.1) is 6.92 Å². The van der Waals surface area contributed by atoms with Gasteiger partial charge in [-0.3, -0.25) is 4.79 Å². The van der Waals surface area contributed by atoms with Crippen LogP contribution in [-0.4, -0.2) is 16.1 Å². The van der Waals surface area contributed by atoms with E-state index in [0.29, 0.717) is 15.7 Å². The first-order valence-corrected chi connectivity index (χ1v) is 8.32. The third-order valence-corrected chi connectivity index (χ3v) is 5.28. The number of thioether (sulfide) groups is 1. The number of halogens is 2. The van der Waals surface area contributed by atoms with Gasteiger partial charge >= 0.3 is 0 Å². The SMILES string of the molecule is Cc1csc(S[C@H](C)C(=O)Nc2c(Cl)cccc2Cl)n1. The lowest BCUT2D eigenvalue weighted by atomic mass is 10.3. The third-order valence-electron chi connectivity index (χ3n) is 2.46. The van der Waals surface area contributed by atoms with Crippen molar-refractivity contribution >= 4 is 57.9 Å². The number of nitrogens with zero attached hydrogens (tertiary/aromatic N) is 1. The zero-order valence-electron chi connectivity index (χ0n) is 10.8. The molecule has 0 fully saturated rings. The maximum atomic E-state index is 12.2. The fourth-order valence-electron chi connectivity index (χ4n) is 1.43. The molecule has 0 saturated heterocycles. The van der Waals surface area contributed by atoms with Crippen molar-refractivity contribution in [2.24, 2.45) is 0 Å². The van der Waals surface area contributed by atoms with Crippen molar-refractivity contribution < 1.29 is 4.79 Å². The van der Waals surface area contributed by atoms with Crippen LogP contribution in [0.15, 0.2) is 27.9 Å². The first-order chi connectivity index (χ1) is 9.47. The predicted molar refractivity (Wildman–Crippen MR) is 87.3 cm³/mol. The number of aromatic nitrogens is 1. The van der Waals surface area contributed by atoms with Gasteiger partial charge in [0, 0.05) is 11.1 Å². The zero-order valence-corrected chi connectivity index (χ0v) is 14.0. The third kappa shape index (κ3) is 3.88. The highest BCUT2D eigenvalue weighted by atomic mass is 35.5. The number of aryl methyl sites for hydroxylation is 1. The molecule has 0 radical (unpaired) electrons. The Balaban J connectivity index is 2.04. The van der Waals surface area contributed by atoms with Crippen molar-refractivity contribution in [3.63, 3.8) is 0 Å². The largest absolute Gasteiger partial charge is 0.323 e.